The van der Waals surface area contributed by atoms with E-state index in [-0.39, 0.29) is 0 Å². The molecule has 1 heteroatoms. The molecule has 0 aromatic carbocycles. The zero-order chi connectivity index (χ0) is 8.60. The molecular weight excluding hydrogens is 146 g/mol. The Morgan fingerprint density at radius 2 is 2.08 bits per heavy atom. The lowest BCUT2D eigenvalue weighted by Crippen LogP contribution is -2.30. The fourth-order valence-corrected chi connectivity index (χ4v) is 1.88. The Labute approximate surface area is 73.8 Å². The highest BCUT2D eigenvalue weighted by Gasteiger charge is 2.33. The van der Waals surface area contributed by atoms with Crippen molar-refractivity contribution in [3.8, 4) is 0 Å². The zero-order valence-corrected chi connectivity index (χ0v) is 7.80. The van der Waals surface area contributed by atoms with Crippen molar-refractivity contribution in [2.24, 2.45) is 0 Å². The van der Waals surface area contributed by atoms with E-state index in [9.17, 15) is 0 Å². The molecule has 1 nitrogen and oxygen atoms in total. The van der Waals surface area contributed by atoms with Crippen LogP contribution in [0, 0.1) is 6.92 Å². The lowest BCUT2D eigenvalue weighted by molar-refractivity contribution is 0.271. The van der Waals surface area contributed by atoms with E-state index in [2.05, 4.69) is 24.9 Å². The highest BCUT2D eigenvalue weighted by Crippen LogP contribution is 2.42. The topological polar surface area (TPSA) is 12.9 Å². The smallest absolute Gasteiger partial charge is 0.0305 e. The molecule has 1 aliphatic rings. The van der Waals surface area contributed by atoms with Crippen molar-refractivity contribution in [2.45, 2.75) is 38.5 Å². The molecule has 0 N–H and O–H groups in total. The summed E-state index contributed by atoms with van der Waals surface area (Å²) in [5.74, 6) is 0. The molecule has 64 valence electrons. The van der Waals surface area contributed by atoms with Crippen molar-refractivity contribution in [1.29, 1.82) is 0 Å². The third-order valence-corrected chi connectivity index (χ3v) is 3.03. The first kappa shape index (κ1) is 7.78. The summed E-state index contributed by atoms with van der Waals surface area (Å²) in [4.78, 5) is 4.23. The second-order valence-electron chi connectivity index (χ2n) is 4.17. The van der Waals surface area contributed by atoms with E-state index in [1.165, 1.54) is 30.4 Å². The van der Waals surface area contributed by atoms with Gasteiger partial charge < -0.3 is 0 Å². The SMILES string of the molecule is Cc1cncc(C2(C)CCC2)c1. The quantitative estimate of drug-likeness (QED) is 0.617. The summed E-state index contributed by atoms with van der Waals surface area (Å²) in [6.45, 7) is 4.45. The Balaban J connectivity index is 2.33. The monoisotopic (exact) mass is 161 g/mol. The number of hydrogen-bond acceptors (Lipinski definition) is 1. The fourth-order valence-electron chi connectivity index (χ4n) is 1.88. The average molecular weight is 161 g/mol. The van der Waals surface area contributed by atoms with E-state index < -0.39 is 0 Å². The highest BCUT2D eigenvalue weighted by atomic mass is 14.6. The van der Waals surface area contributed by atoms with Crippen molar-refractivity contribution >= 4 is 0 Å². The van der Waals surface area contributed by atoms with Gasteiger partial charge in [-0.1, -0.05) is 19.4 Å². The van der Waals surface area contributed by atoms with Crippen molar-refractivity contribution in [1.82, 2.24) is 4.98 Å². The largest absolute Gasteiger partial charge is 0.264 e. The van der Waals surface area contributed by atoms with Gasteiger partial charge in [-0.05, 0) is 36.3 Å². The molecule has 0 amide bonds. The minimum Gasteiger partial charge on any atom is -0.264 e. The Morgan fingerprint density at radius 1 is 1.33 bits per heavy atom. The number of aromatic nitrogens is 1. The number of nitrogens with zero attached hydrogens (tertiary/aromatic N) is 1. The highest BCUT2D eigenvalue weighted by molar-refractivity contribution is 5.27. The summed E-state index contributed by atoms with van der Waals surface area (Å²) in [5, 5.41) is 0. The third-order valence-electron chi connectivity index (χ3n) is 3.03. The Hall–Kier alpha value is -0.850. The maximum atomic E-state index is 4.23. The van der Waals surface area contributed by atoms with Crippen LogP contribution in [0.1, 0.15) is 37.3 Å². The molecular formula is C11H15N. The summed E-state index contributed by atoms with van der Waals surface area (Å²) < 4.78 is 0. The van der Waals surface area contributed by atoms with Crippen LogP contribution in [-0.4, -0.2) is 4.98 Å². The van der Waals surface area contributed by atoms with Crippen LogP contribution in [0.3, 0.4) is 0 Å². The maximum absolute atomic E-state index is 4.23. The van der Waals surface area contributed by atoms with Crippen molar-refractivity contribution < 1.29 is 0 Å². The maximum Gasteiger partial charge on any atom is 0.0305 e. The van der Waals surface area contributed by atoms with Crippen LogP contribution in [0.25, 0.3) is 0 Å². The first-order chi connectivity index (χ1) is 5.71. The Morgan fingerprint density at radius 3 is 2.58 bits per heavy atom. The second-order valence-corrected chi connectivity index (χ2v) is 4.17. The van der Waals surface area contributed by atoms with Crippen LogP contribution in [0.2, 0.25) is 0 Å². The van der Waals surface area contributed by atoms with Crippen LogP contribution in [-0.2, 0) is 5.41 Å². The van der Waals surface area contributed by atoms with Gasteiger partial charge in [-0.15, -0.1) is 0 Å². The standard InChI is InChI=1S/C11H15N/c1-9-6-10(8-12-7-9)11(2)4-3-5-11/h6-8H,3-5H2,1-2H3. The van der Waals surface area contributed by atoms with Crippen LogP contribution >= 0.6 is 0 Å². The summed E-state index contributed by atoms with van der Waals surface area (Å²) in [7, 11) is 0. The molecule has 1 saturated carbocycles. The van der Waals surface area contributed by atoms with Gasteiger partial charge in [-0.2, -0.15) is 0 Å². The summed E-state index contributed by atoms with van der Waals surface area (Å²) in [6.07, 6.45) is 7.98. The molecule has 1 heterocycles. The molecule has 1 aliphatic carbocycles. The summed E-state index contributed by atoms with van der Waals surface area (Å²) >= 11 is 0. The van der Waals surface area contributed by atoms with Crippen molar-refractivity contribution in [2.75, 3.05) is 0 Å². The molecule has 0 atom stereocenters. The Kier molecular flexibility index (Phi) is 1.67. The normalized spacial score (nSPS) is 20.2. The van der Waals surface area contributed by atoms with Crippen LogP contribution < -0.4 is 0 Å². The van der Waals surface area contributed by atoms with Gasteiger partial charge in [0.05, 0.1) is 0 Å². The van der Waals surface area contributed by atoms with E-state index >= 15 is 0 Å². The third kappa shape index (κ3) is 1.13. The molecule has 1 aromatic heterocycles. The fraction of sp³-hybridized carbons (Fsp3) is 0.545. The molecule has 1 fully saturated rings. The van der Waals surface area contributed by atoms with Gasteiger partial charge in [-0.3, -0.25) is 4.98 Å². The second kappa shape index (κ2) is 2.58. The number of pyridine rings is 1. The van der Waals surface area contributed by atoms with E-state index in [1.807, 2.05) is 12.4 Å². The summed E-state index contributed by atoms with van der Waals surface area (Å²) in [5.41, 5.74) is 3.15. The van der Waals surface area contributed by atoms with E-state index in [0.717, 1.165) is 0 Å². The van der Waals surface area contributed by atoms with Gasteiger partial charge in [0, 0.05) is 12.4 Å². The predicted molar refractivity (Wildman–Crippen MR) is 50.2 cm³/mol. The zero-order valence-electron chi connectivity index (χ0n) is 7.80. The molecule has 0 bridgehead atoms. The molecule has 0 aliphatic heterocycles. The van der Waals surface area contributed by atoms with Gasteiger partial charge in [0.1, 0.15) is 0 Å². The van der Waals surface area contributed by atoms with Gasteiger partial charge >= 0.3 is 0 Å². The molecule has 0 spiro atoms. The minimum atomic E-state index is 0.443. The number of aryl methyl sites for hydroxylation is 1. The van der Waals surface area contributed by atoms with E-state index in [4.69, 9.17) is 0 Å². The van der Waals surface area contributed by atoms with Gasteiger partial charge in [0.25, 0.3) is 0 Å². The molecule has 0 radical (unpaired) electrons. The number of hydrogen-bond donors (Lipinski definition) is 0. The minimum absolute atomic E-state index is 0.443. The van der Waals surface area contributed by atoms with E-state index in [1.54, 1.807) is 0 Å². The van der Waals surface area contributed by atoms with Crippen LogP contribution in [0.15, 0.2) is 18.5 Å². The average Bonchev–Trinajstić information content (AvgIpc) is 2.00. The molecule has 2 rings (SSSR count). The first-order valence-electron chi connectivity index (χ1n) is 4.63. The van der Waals surface area contributed by atoms with E-state index in [0.29, 0.717) is 5.41 Å². The van der Waals surface area contributed by atoms with Crippen LogP contribution in [0.5, 0.6) is 0 Å². The van der Waals surface area contributed by atoms with Gasteiger partial charge in [0.2, 0.25) is 0 Å². The number of rotatable bonds is 1. The van der Waals surface area contributed by atoms with Crippen LogP contribution in [0.4, 0.5) is 0 Å². The van der Waals surface area contributed by atoms with Crippen molar-refractivity contribution in [3.63, 3.8) is 0 Å². The molecule has 0 saturated heterocycles. The lowest BCUT2D eigenvalue weighted by Gasteiger charge is -2.38. The lowest BCUT2D eigenvalue weighted by atomic mass is 9.66. The Bertz CT molecular complexity index is 287. The molecule has 1 aromatic rings. The van der Waals surface area contributed by atoms with Gasteiger partial charge in [0.15, 0.2) is 0 Å². The van der Waals surface area contributed by atoms with Crippen molar-refractivity contribution in [3.05, 3.63) is 29.6 Å². The first-order valence-corrected chi connectivity index (χ1v) is 4.63. The molecule has 12 heavy (non-hydrogen) atoms. The summed E-state index contributed by atoms with van der Waals surface area (Å²) in [6, 6.07) is 2.27. The molecule has 0 unspecified atom stereocenters. The predicted octanol–water partition coefficient (Wildman–Crippen LogP) is 2.83. The van der Waals surface area contributed by atoms with Gasteiger partial charge in [-0.25, -0.2) is 0 Å².